The minimum absolute atomic E-state index is 0.334. The van der Waals surface area contributed by atoms with Crippen molar-refractivity contribution in [3.8, 4) is 0 Å². The summed E-state index contributed by atoms with van der Waals surface area (Å²) >= 11 is 1.44. The Morgan fingerprint density at radius 1 is 1.31 bits per heavy atom. The molecule has 1 aromatic carbocycles. The average Bonchev–Trinajstić information content (AvgIpc) is 3.33. The van der Waals surface area contributed by atoms with Crippen LogP contribution in [0.3, 0.4) is 0 Å². The first-order chi connectivity index (χ1) is 12.7. The van der Waals surface area contributed by atoms with Crippen molar-refractivity contribution in [2.75, 3.05) is 11.9 Å². The maximum atomic E-state index is 12.0. The van der Waals surface area contributed by atoms with Crippen LogP contribution in [0.4, 0.5) is 5.82 Å². The van der Waals surface area contributed by atoms with Crippen LogP contribution in [0.15, 0.2) is 46.2 Å². The van der Waals surface area contributed by atoms with Gasteiger partial charge in [0.1, 0.15) is 17.1 Å². The zero-order valence-electron chi connectivity index (χ0n) is 14.4. The first kappa shape index (κ1) is 16.9. The summed E-state index contributed by atoms with van der Waals surface area (Å²) in [5.74, 6) is 1.53. The largest absolute Gasteiger partial charge is 0.468 e. The number of hydrogen-bond acceptors (Lipinski definition) is 7. The smallest absolute Gasteiger partial charge is 0.341 e. The number of nitrogens with zero attached hydrogens (tertiary/aromatic N) is 2. The Morgan fingerprint density at radius 2 is 2.15 bits per heavy atom. The predicted octanol–water partition coefficient (Wildman–Crippen LogP) is 4.27. The van der Waals surface area contributed by atoms with E-state index < -0.39 is 0 Å². The van der Waals surface area contributed by atoms with Gasteiger partial charge in [-0.05, 0) is 38.0 Å². The molecule has 1 N–H and O–H groups in total. The normalized spacial score (nSPS) is 13.7. The Kier molecular flexibility index (Phi) is 4.79. The molecule has 0 unspecified atom stereocenters. The van der Waals surface area contributed by atoms with Crippen LogP contribution < -0.4 is 5.32 Å². The molecule has 6 nitrogen and oxygen atoms in total. The van der Waals surface area contributed by atoms with Gasteiger partial charge in [0.25, 0.3) is 0 Å². The van der Waals surface area contributed by atoms with Crippen LogP contribution in [0.1, 0.15) is 35.9 Å². The number of thioether (sulfide) groups is 1. The van der Waals surface area contributed by atoms with E-state index in [1.807, 2.05) is 24.3 Å². The van der Waals surface area contributed by atoms with E-state index in [1.165, 1.54) is 30.9 Å². The highest BCUT2D eigenvalue weighted by Crippen LogP contribution is 2.31. The fourth-order valence-electron chi connectivity index (χ4n) is 2.62. The van der Waals surface area contributed by atoms with Gasteiger partial charge >= 0.3 is 5.97 Å². The van der Waals surface area contributed by atoms with Gasteiger partial charge in [-0.3, -0.25) is 0 Å². The lowest BCUT2D eigenvalue weighted by Crippen LogP contribution is -2.06. The third-order valence-electron chi connectivity index (χ3n) is 4.07. The fraction of sp³-hybridized carbons (Fsp3) is 0.316. The summed E-state index contributed by atoms with van der Waals surface area (Å²) in [4.78, 5) is 21.3. The molecule has 0 aliphatic heterocycles. The number of carbonyl (C=O) groups excluding carboxylic acids is 1. The van der Waals surface area contributed by atoms with Gasteiger partial charge in [-0.2, -0.15) is 0 Å². The van der Waals surface area contributed by atoms with E-state index in [9.17, 15) is 4.79 Å². The second-order valence-corrected chi connectivity index (χ2v) is 7.00. The minimum atomic E-state index is -0.368. The van der Waals surface area contributed by atoms with Crippen molar-refractivity contribution in [3.63, 3.8) is 0 Å². The molecule has 134 valence electrons. The van der Waals surface area contributed by atoms with Crippen LogP contribution in [0.5, 0.6) is 0 Å². The average molecular weight is 369 g/mol. The Morgan fingerprint density at radius 3 is 2.96 bits per heavy atom. The quantitative estimate of drug-likeness (QED) is 0.379. The van der Waals surface area contributed by atoms with Gasteiger partial charge < -0.3 is 14.5 Å². The van der Waals surface area contributed by atoms with E-state index in [1.54, 1.807) is 13.0 Å². The molecule has 1 fully saturated rings. The van der Waals surface area contributed by atoms with Gasteiger partial charge in [0.05, 0.1) is 24.1 Å². The maximum Gasteiger partial charge on any atom is 0.341 e. The molecule has 0 amide bonds. The van der Waals surface area contributed by atoms with Crippen molar-refractivity contribution in [2.45, 2.75) is 36.7 Å². The molecule has 0 bridgehead atoms. The van der Waals surface area contributed by atoms with Crippen LogP contribution in [-0.4, -0.2) is 28.6 Å². The fourth-order valence-corrected chi connectivity index (χ4v) is 3.43. The summed E-state index contributed by atoms with van der Waals surface area (Å²) in [6.07, 6.45) is 3.86. The van der Waals surface area contributed by atoms with Crippen molar-refractivity contribution >= 4 is 34.5 Å². The van der Waals surface area contributed by atoms with Gasteiger partial charge in [0.15, 0.2) is 5.16 Å². The Balaban J connectivity index is 1.56. The Bertz CT molecular complexity index is 937. The van der Waals surface area contributed by atoms with Gasteiger partial charge in [0, 0.05) is 11.4 Å². The van der Waals surface area contributed by atoms with Crippen LogP contribution in [0.25, 0.3) is 10.9 Å². The number of para-hydroxylation sites is 1. The van der Waals surface area contributed by atoms with Crippen LogP contribution in [0, 0.1) is 0 Å². The van der Waals surface area contributed by atoms with Crippen molar-refractivity contribution in [1.29, 1.82) is 0 Å². The van der Waals surface area contributed by atoms with Gasteiger partial charge in [0.2, 0.25) is 0 Å². The second kappa shape index (κ2) is 7.37. The number of anilines is 1. The third kappa shape index (κ3) is 3.67. The topological polar surface area (TPSA) is 77.2 Å². The zero-order valence-corrected chi connectivity index (χ0v) is 15.2. The van der Waals surface area contributed by atoms with E-state index in [-0.39, 0.29) is 5.97 Å². The third-order valence-corrected chi connectivity index (χ3v) is 4.92. The summed E-state index contributed by atoms with van der Waals surface area (Å²) in [6.45, 7) is 2.12. The molecule has 26 heavy (non-hydrogen) atoms. The van der Waals surface area contributed by atoms with Crippen LogP contribution >= 0.6 is 11.8 Å². The molecular formula is C19H19N3O3S. The first-order valence-electron chi connectivity index (χ1n) is 8.64. The standard InChI is InChI=1S/C19H19N3O3S/c1-2-24-18(23)14-9-10-25-16(14)11-26-19-21-15-6-4-3-5-13(15)17(22-19)20-12-7-8-12/h3-6,9-10,12H,2,7-8,11H2,1H3,(H,20,21,22). The number of ether oxygens (including phenoxy) is 1. The van der Waals surface area contributed by atoms with Crippen molar-refractivity contribution in [3.05, 3.63) is 47.9 Å². The lowest BCUT2D eigenvalue weighted by atomic mass is 10.2. The molecule has 4 rings (SSSR count). The Hall–Kier alpha value is -2.54. The lowest BCUT2D eigenvalue weighted by Gasteiger charge is -2.09. The SMILES string of the molecule is CCOC(=O)c1ccoc1CSc1nc(NC2CC2)c2ccccc2n1. The number of aromatic nitrogens is 2. The van der Waals surface area contributed by atoms with Crippen LogP contribution in [0.2, 0.25) is 0 Å². The molecule has 7 heteroatoms. The molecule has 1 aliphatic carbocycles. The first-order valence-corrected chi connectivity index (χ1v) is 9.62. The highest BCUT2D eigenvalue weighted by molar-refractivity contribution is 7.98. The molecule has 2 heterocycles. The summed E-state index contributed by atoms with van der Waals surface area (Å²) in [6, 6.07) is 10.1. The molecule has 3 aromatic rings. The van der Waals surface area contributed by atoms with Gasteiger partial charge in [-0.15, -0.1) is 0 Å². The number of furan rings is 1. The van der Waals surface area contributed by atoms with E-state index >= 15 is 0 Å². The van der Waals surface area contributed by atoms with E-state index in [0.717, 1.165) is 16.7 Å². The lowest BCUT2D eigenvalue weighted by molar-refractivity contribution is 0.0524. The zero-order chi connectivity index (χ0) is 17.9. The summed E-state index contributed by atoms with van der Waals surface area (Å²) < 4.78 is 10.5. The molecule has 1 aliphatic rings. The minimum Gasteiger partial charge on any atom is -0.468 e. The van der Waals surface area contributed by atoms with E-state index in [0.29, 0.717) is 34.9 Å². The molecular weight excluding hydrogens is 350 g/mol. The van der Waals surface area contributed by atoms with Crippen molar-refractivity contribution in [2.24, 2.45) is 0 Å². The van der Waals surface area contributed by atoms with Gasteiger partial charge in [-0.1, -0.05) is 23.9 Å². The number of carbonyl (C=O) groups is 1. The molecule has 0 saturated heterocycles. The van der Waals surface area contributed by atoms with Crippen molar-refractivity contribution in [1.82, 2.24) is 9.97 Å². The molecule has 1 saturated carbocycles. The number of benzene rings is 1. The molecule has 0 atom stereocenters. The second-order valence-electron chi connectivity index (χ2n) is 6.06. The molecule has 0 spiro atoms. The monoisotopic (exact) mass is 369 g/mol. The van der Waals surface area contributed by atoms with E-state index in [2.05, 4.69) is 15.3 Å². The molecule has 0 radical (unpaired) electrons. The summed E-state index contributed by atoms with van der Waals surface area (Å²) in [5, 5.41) is 5.15. The maximum absolute atomic E-state index is 12.0. The van der Waals surface area contributed by atoms with Gasteiger partial charge in [-0.25, -0.2) is 14.8 Å². The summed E-state index contributed by atoms with van der Waals surface area (Å²) in [7, 11) is 0. The van der Waals surface area contributed by atoms with Crippen LogP contribution in [-0.2, 0) is 10.5 Å². The highest BCUT2D eigenvalue weighted by Gasteiger charge is 2.23. The summed E-state index contributed by atoms with van der Waals surface area (Å²) in [5.41, 5.74) is 1.36. The number of nitrogens with one attached hydrogen (secondary N) is 1. The predicted molar refractivity (Wildman–Crippen MR) is 100 cm³/mol. The number of rotatable bonds is 7. The number of fused-ring (bicyclic) bond motifs is 1. The number of esters is 1. The van der Waals surface area contributed by atoms with E-state index in [4.69, 9.17) is 9.15 Å². The molecule has 2 aromatic heterocycles. The van der Waals surface area contributed by atoms with Crippen molar-refractivity contribution < 1.29 is 13.9 Å². The number of hydrogen-bond donors (Lipinski definition) is 1. The Labute approximate surface area is 155 Å². The highest BCUT2D eigenvalue weighted by atomic mass is 32.2.